The van der Waals surface area contributed by atoms with Crippen LogP contribution in [0.25, 0.3) is 0 Å². The zero-order valence-electron chi connectivity index (χ0n) is 13.4. The number of aliphatic imine (C=N–C) groups is 1. The molecule has 1 aliphatic rings. The highest BCUT2D eigenvalue weighted by molar-refractivity contribution is 8.14. The van der Waals surface area contributed by atoms with Crippen molar-refractivity contribution in [1.29, 1.82) is 0 Å². The minimum absolute atomic E-state index is 0.343. The third kappa shape index (κ3) is 4.06. The summed E-state index contributed by atoms with van der Waals surface area (Å²) >= 11 is 1.62. The molecule has 1 heterocycles. The number of benzene rings is 2. The number of ether oxygens (including phenoxy) is 1. The van der Waals surface area contributed by atoms with Crippen molar-refractivity contribution in [2.45, 2.75) is 6.54 Å². The van der Waals surface area contributed by atoms with Gasteiger partial charge in [-0.25, -0.2) is 9.79 Å². The maximum atomic E-state index is 11.7. The number of amidine groups is 1. The van der Waals surface area contributed by atoms with Crippen molar-refractivity contribution < 1.29 is 9.53 Å². The monoisotopic (exact) mass is 338 g/mol. The molecule has 1 saturated heterocycles. The van der Waals surface area contributed by atoms with Crippen molar-refractivity contribution in [2.24, 2.45) is 4.99 Å². The molecule has 0 aliphatic carbocycles. The van der Waals surface area contributed by atoms with Gasteiger partial charge in [-0.05, 0) is 17.7 Å². The summed E-state index contributed by atoms with van der Waals surface area (Å²) in [6.45, 7) is 0.669. The van der Waals surface area contributed by atoms with E-state index in [-0.39, 0.29) is 5.97 Å². The van der Waals surface area contributed by atoms with Crippen LogP contribution in [0.2, 0.25) is 0 Å². The van der Waals surface area contributed by atoms with E-state index in [2.05, 4.69) is 17.0 Å². The maximum absolute atomic E-state index is 11.7. The molecule has 0 bridgehead atoms. The SMILES string of the molecule is COC(=O)/C=C1/CSC(=Nc2ccccc2)N1Cc1ccccc1. The molecule has 0 spiro atoms. The molecule has 1 aliphatic heterocycles. The standard InChI is InChI=1S/C19H18N2O2S/c1-23-18(22)12-17-14-24-19(20-16-10-6-3-7-11-16)21(17)13-15-8-4-2-5-9-15/h2-12H,13-14H2,1H3/b17-12-,20-19?. The number of carbonyl (C=O) groups is 1. The molecule has 3 rings (SSSR count). The predicted octanol–water partition coefficient (Wildman–Crippen LogP) is 3.98. The van der Waals surface area contributed by atoms with Gasteiger partial charge in [0.1, 0.15) is 0 Å². The Morgan fingerprint density at radius 3 is 2.50 bits per heavy atom. The second-order valence-electron chi connectivity index (χ2n) is 5.25. The fraction of sp³-hybridized carbons (Fsp3) is 0.158. The molecule has 0 radical (unpaired) electrons. The lowest BCUT2D eigenvalue weighted by atomic mass is 10.2. The molecule has 4 nitrogen and oxygen atoms in total. The molecule has 2 aromatic rings. The first-order chi connectivity index (χ1) is 11.8. The highest BCUT2D eigenvalue weighted by atomic mass is 32.2. The Balaban J connectivity index is 1.91. The number of methoxy groups -OCH3 is 1. The van der Waals surface area contributed by atoms with E-state index in [1.165, 1.54) is 7.11 Å². The molecule has 0 saturated carbocycles. The number of para-hydroxylation sites is 1. The van der Waals surface area contributed by atoms with Crippen molar-refractivity contribution in [1.82, 2.24) is 4.90 Å². The van der Waals surface area contributed by atoms with E-state index in [4.69, 9.17) is 9.73 Å². The zero-order valence-corrected chi connectivity index (χ0v) is 14.2. The molecule has 0 unspecified atom stereocenters. The van der Waals surface area contributed by atoms with E-state index in [0.717, 1.165) is 22.1 Å². The molecule has 24 heavy (non-hydrogen) atoms. The van der Waals surface area contributed by atoms with Gasteiger partial charge in [-0.3, -0.25) is 0 Å². The molecular weight excluding hydrogens is 320 g/mol. The summed E-state index contributed by atoms with van der Waals surface area (Å²) in [6, 6.07) is 20.0. The van der Waals surface area contributed by atoms with Crippen LogP contribution in [0.5, 0.6) is 0 Å². The Labute approximate surface area is 145 Å². The summed E-state index contributed by atoms with van der Waals surface area (Å²) in [5, 5.41) is 0.889. The number of nitrogens with zero attached hydrogens (tertiary/aromatic N) is 2. The summed E-state index contributed by atoms with van der Waals surface area (Å²) < 4.78 is 4.77. The normalized spacial score (nSPS) is 17.5. The lowest BCUT2D eigenvalue weighted by molar-refractivity contribution is -0.134. The average Bonchev–Trinajstić information content (AvgIpc) is 2.98. The van der Waals surface area contributed by atoms with Gasteiger partial charge in [0.15, 0.2) is 5.17 Å². The van der Waals surface area contributed by atoms with E-state index in [0.29, 0.717) is 12.3 Å². The van der Waals surface area contributed by atoms with Crippen LogP contribution in [-0.4, -0.2) is 28.9 Å². The largest absolute Gasteiger partial charge is 0.466 e. The fourth-order valence-electron chi connectivity index (χ4n) is 2.37. The van der Waals surface area contributed by atoms with Crippen molar-refractivity contribution in [3.8, 4) is 0 Å². The maximum Gasteiger partial charge on any atom is 0.332 e. The Hall–Kier alpha value is -2.53. The van der Waals surface area contributed by atoms with Crippen LogP contribution in [0.1, 0.15) is 5.56 Å². The molecule has 5 heteroatoms. The third-order valence-electron chi connectivity index (χ3n) is 3.58. The number of hydrogen-bond donors (Lipinski definition) is 0. The summed E-state index contributed by atoms with van der Waals surface area (Å²) in [7, 11) is 1.39. The minimum atomic E-state index is -0.343. The number of carbonyl (C=O) groups excluding carboxylic acids is 1. The molecule has 0 aromatic heterocycles. The van der Waals surface area contributed by atoms with Crippen LogP contribution in [0, 0.1) is 0 Å². The Morgan fingerprint density at radius 1 is 1.17 bits per heavy atom. The van der Waals surface area contributed by atoms with Gasteiger partial charge in [0.05, 0.1) is 12.8 Å². The summed E-state index contributed by atoms with van der Waals surface area (Å²) in [5.41, 5.74) is 2.97. The molecule has 0 N–H and O–H groups in total. The van der Waals surface area contributed by atoms with Gasteiger partial charge in [0.25, 0.3) is 0 Å². The Morgan fingerprint density at radius 2 is 1.83 bits per heavy atom. The van der Waals surface area contributed by atoms with Gasteiger partial charge in [-0.15, -0.1) is 0 Å². The molecular formula is C19H18N2O2S. The van der Waals surface area contributed by atoms with E-state index < -0.39 is 0 Å². The molecule has 1 fully saturated rings. The summed E-state index contributed by atoms with van der Waals surface area (Å²) in [4.78, 5) is 18.5. The van der Waals surface area contributed by atoms with Gasteiger partial charge in [0.2, 0.25) is 0 Å². The van der Waals surface area contributed by atoms with Gasteiger partial charge < -0.3 is 9.64 Å². The van der Waals surface area contributed by atoms with Gasteiger partial charge in [-0.1, -0.05) is 60.3 Å². The lowest BCUT2D eigenvalue weighted by Gasteiger charge is -2.20. The zero-order chi connectivity index (χ0) is 16.8. The van der Waals surface area contributed by atoms with Gasteiger partial charge >= 0.3 is 5.97 Å². The number of hydrogen-bond acceptors (Lipinski definition) is 4. The number of esters is 1. The Bertz CT molecular complexity index is 757. The number of thioether (sulfide) groups is 1. The molecule has 0 amide bonds. The second-order valence-corrected chi connectivity index (χ2v) is 6.19. The highest BCUT2D eigenvalue weighted by Gasteiger charge is 2.26. The quantitative estimate of drug-likeness (QED) is 0.625. The van der Waals surface area contributed by atoms with Crippen LogP contribution in [0.15, 0.2) is 77.4 Å². The van der Waals surface area contributed by atoms with E-state index in [1.807, 2.05) is 48.5 Å². The smallest absolute Gasteiger partial charge is 0.332 e. The van der Waals surface area contributed by atoms with Crippen LogP contribution < -0.4 is 0 Å². The first-order valence-electron chi connectivity index (χ1n) is 7.63. The lowest BCUT2D eigenvalue weighted by Crippen LogP contribution is -2.23. The number of rotatable bonds is 4. The van der Waals surface area contributed by atoms with Crippen molar-refractivity contribution in [3.63, 3.8) is 0 Å². The van der Waals surface area contributed by atoms with Gasteiger partial charge in [-0.2, -0.15) is 0 Å². The highest BCUT2D eigenvalue weighted by Crippen LogP contribution is 2.31. The fourth-order valence-corrected chi connectivity index (χ4v) is 3.40. The summed E-state index contributed by atoms with van der Waals surface area (Å²) in [5.74, 6) is 0.359. The second kappa shape index (κ2) is 7.84. The molecule has 122 valence electrons. The predicted molar refractivity (Wildman–Crippen MR) is 98.1 cm³/mol. The van der Waals surface area contributed by atoms with E-state index in [9.17, 15) is 4.79 Å². The van der Waals surface area contributed by atoms with E-state index >= 15 is 0 Å². The first kappa shape index (κ1) is 16.3. The molecule has 0 atom stereocenters. The van der Waals surface area contributed by atoms with Crippen LogP contribution in [0.3, 0.4) is 0 Å². The Kier molecular flexibility index (Phi) is 5.33. The topological polar surface area (TPSA) is 41.9 Å². The van der Waals surface area contributed by atoms with Crippen LogP contribution >= 0.6 is 11.8 Å². The van der Waals surface area contributed by atoms with Crippen molar-refractivity contribution >= 4 is 28.6 Å². The van der Waals surface area contributed by atoms with Gasteiger partial charge in [0, 0.05) is 24.1 Å². The van der Waals surface area contributed by atoms with Crippen LogP contribution in [-0.2, 0) is 16.1 Å². The van der Waals surface area contributed by atoms with Crippen molar-refractivity contribution in [3.05, 3.63) is 78.0 Å². The molecule has 2 aromatic carbocycles. The van der Waals surface area contributed by atoms with Crippen molar-refractivity contribution in [2.75, 3.05) is 12.9 Å². The van der Waals surface area contributed by atoms with E-state index in [1.54, 1.807) is 17.8 Å². The van der Waals surface area contributed by atoms with Crippen LogP contribution in [0.4, 0.5) is 5.69 Å². The first-order valence-corrected chi connectivity index (χ1v) is 8.61. The minimum Gasteiger partial charge on any atom is -0.466 e. The summed E-state index contributed by atoms with van der Waals surface area (Å²) in [6.07, 6.45) is 1.55. The average molecular weight is 338 g/mol. The third-order valence-corrected chi connectivity index (χ3v) is 4.59.